The van der Waals surface area contributed by atoms with E-state index >= 15 is 0 Å². The summed E-state index contributed by atoms with van der Waals surface area (Å²) < 4.78 is 5.50. The molecule has 2 N–H and O–H groups in total. The van der Waals surface area contributed by atoms with Gasteiger partial charge in [0.15, 0.2) is 0 Å². The van der Waals surface area contributed by atoms with Crippen LogP contribution in [0.1, 0.15) is 31.2 Å². The molecular formula is C24H29N5O2. The zero-order valence-corrected chi connectivity index (χ0v) is 17.9. The molecule has 1 saturated heterocycles. The molecular weight excluding hydrogens is 390 g/mol. The van der Waals surface area contributed by atoms with Crippen LogP contribution in [0.15, 0.2) is 36.9 Å². The smallest absolute Gasteiger partial charge is 0.137 e. The van der Waals surface area contributed by atoms with Gasteiger partial charge in [0, 0.05) is 42.3 Å². The highest BCUT2D eigenvalue weighted by atomic mass is 16.5. The van der Waals surface area contributed by atoms with E-state index in [0.717, 1.165) is 72.6 Å². The van der Waals surface area contributed by atoms with Gasteiger partial charge in [-0.15, -0.1) is 0 Å². The van der Waals surface area contributed by atoms with Gasteiger partial charge in [0.05, 0.1) is 24.9 Å². The van der Waals surface area contributed by atoms with E-state index in [9.17, 15) is 5.11 Å². The summed E-state index contributed by atoms with van der Waals surface area (Å²) in [6, 6.07) is 6.89. The van der Waals surface area contributed by atoms with Crippen LogP contribution in [-0.4, -0.2) is 63.3 Å². The summed E-state index contributed by atoms with van der Waals surface area (Å²) in [7, 11) is 0. The minimum Gasteiger partial charge on any atom is -0.506 e. The molecule has 1 saturated carbocycles. The van der Waals surface area contributed by atoms with Crippen molar-refractivity contribution < 1.29 is 9.84 Å². The van der Waals surface area contributed by atoms with Crippen LogP contribution in [0.2, 0.25) is 0 Å². The maximum atomic E-state index is 9.86. The summed E-state index contributed by atoms with van der Waals surface area (Å²) in [5, 5.41) is 14.6. The van der Waals surface area contributed by atoms with Crippen molar-refractivity contribution in [1.29, 1.82) is 0 Å². The van der Waals surface area contributed by atoms with Crippen LogP contribution in [0, 0.1) is 6.92 Å². The van der Waals surface area contributed by atoms with Gasteiger partial charge in [0.25, 0.3) is 0 Å². The Morgan fingerprint density at radius 3 is 2.65 bits per heavy atom. The minimum atomic E-state index is 0.164. The standard InChI is InChI=1S/C24H29N5O2/c1-16-21(17-12-20(30)14-25-13-17)6-7-22-23(16)24(27-15-26-22)28-18-2-4-19(5-3-18)29-8-10-31-11-9-29/h6-7,12-15,18-19,30H,2-5,8-11H2,1H3,(H,26,27,28)/t18-,19-. The SMILES string of the molecule is Cc1c(-c2cncc(O)c2)ccc2ncnc(N[C@H]3CC[C@H](N4CCOCC4)CC3)c12. The van der Waals surface area contributed by atoms with Gasteiger partial charge in [-0.3, -0.25) is 9.88 Å². The van der Waals surface area contributed by atoms with Crippen LogP contribution in [0.25, 0.3) is 22.0 Å². The fraction of sp³-hybridized carbons (Fsp3) is 0.458. The fourth-order valence-corrected chi connectivity index (χ4v) is 5.04. The molecule has 162 valence electrons. The van der Waals surface area contributed by atoms with E-state index in [-0.39, 0.29) is 5.75 Å². The van der Waals surface area contributed by atoms with E-state index in [1.807, 2.05) is 12.1 Å². The highest BCUT2D eigenvalue weighted by Crippen LogP contribution is 2.34. The van der Waals surface area contributed by atoms with Gasteiger partial charge in [-0.2, -0.15) is 0 Å². The fourth-order valence-electron chi connectivity index (χ4n) is 5.04. The van der Waals surface area contributed by atoms with Crippen LogP contribution in [0.3, 0.4) is 0 Å². The summed E-state index contributed by atoms with van der Waals surface area (Å²) >= 11 is 0. The summed E-state index contributed by atoms with van der Waals surface area (Å²) in [5.74, 6) is 1.06. The molecule has 2 aromatic heterocycles. The minimum absolute atomic E-state index is 0.164. The summed E-state index contributed by atoms with van der Waals surface area (Å²) in [5.41, 5.74) is 3.94. The van der Waals surface area contributed by atoms with Crippen molar-refractivity contribution in [3.05, 3.63) is 42.5 Å². The van der Waals surface area contributed by atoms with Crippen LogP contribution >= 0.6 is 0 Å². The van der Waals surface area contributed by atoms with Crippen molar-refractivity contribution in [2.45, 2.75) is 44.7 Å². The Bertz CT molecular complexity index is 1060. The second-order valence-electron chi connectivity index (χ2n) is 8.58. The van der Waals surface area contributed by atoms with Gasteiger partial charge in [-0.25, -0.2) is 9.97 Å². The molecule has 7 heteroatoms. The molecule has 3 heterocycles. The second-order valence-corrected chi connectivity index (χ2v) is 8.58. The van der Waals surface area contributed by atoms with E-state index < -0.39 is 0 Å². The van der Waals surface area contributed by atoms with Gasteiger partial charge in [-0.05, 0) is 55.9 Å². The zero-order valence-electron chi connectivity index (χ0n) is 17.9. The maximum absolute atomic E-state index is 9.86. The number of ether oxygens (including phenoxy) is 1. The number of hydrogen-bond acceptors (Lipinski definition) is 7. The number of morpholine rings is 1. The molecule has 7 nitrogen and oxygen atoms in total. The van der Waals surface area contributed by atoms with Gasteiger partial charge in [0.1, 0.15) is 17.9 Å². The van der Waals surface area contributed by atoms with Gasteiger partial charge >= 0.3 is 0 Å². The number of aromatic nitrogens is 3. The first-order valence-electron chi connectivity index (χ1n) is 11.2. The van der Waals surface area contributed by atoms with Gasteiger partial charge in [0.2, 0.25) is 0 Å². The Morgan fingerprint density at radius 1 is 1.06 bits per heavy atom. The predicted octanol–water partition coefficient (Wildman–Crippen LogP) is 3.76. The molecule has 2 aliphatic rings. The van der Waals surface area contributed by atoms with Crippen molar-refractivity contribution in [3.63, 3.8) is 0 Å². The first-order valence-corrected chi connectivity index (χ1v) is 11.2. The second kappa shape index (κ2) is 8.77. The van der Waals surface area contributed by atoms with Crippen LogP contribution < -0.4 is 5.32 Å². The molecule has 0 radical (unpaired) electrons. The van der Waals surface area contributed by atoms with E-state index in [2.05, 4.69) is 32.1 Å². The first kappa shape index (κ1) is 20.2. The molecule has 0 atom stereocenters. The van der Waals surface area contributed by atoms with Crippen molar-refractivity contribution >= 4 is 16.7 Å². The van der Waals surface area contributed by atoms with Crippen LogP contribution in [0.5, 0.6) is 5.75 Å². The topological polar surface area (TPSA) is 83.4 Å². The normalized spacial score (nSPS) is 22.5. The number of nitrogens with zero attached hydrogens (tertiary/aromatic N) is 4. The number of aromatic hydroxyl groups is 1. The number of pyridine rings is 1. The first-order chi connectivity index (χ1) is 15.2. The molecule has 1 aromatic carbocycles. The quantitative estimate of drug-likeness (QED) is 0.666. The van der Waals surface area contributed by atoms with Crippen molar-refractivity contribution in [2.75, 3.05) is 31.6 Å². The predicted molar refractivity (Wildman–Crippen MR) is 121 cm³/mol. The molecule has 0 spiro atoms. The molecule has 2 fully saturated rings. The average Bonchev–Trinajstić information content (AvgIpc) is 2.80. The lowest BCUT2D eigenvalue weighted by Crippen LogP contribution is -2.46. The Hall–Kier alpha value is -2.77. The summed E-state index contributed by atoms with van der Waals surface area (Å²) in [4.78, 5) is 15.8. The van der Waals surface area contributed by atoms with Gasteiger partial charge < -0.3 is 15.2 Å². The third kappa shape index (κ3) is 4.20. The number of fused-ring (bicyclic) bond motifs is 1. The van der Waals surface area contributed by atoms with Crippen molar-refractivity contribution in [2.24, 2.45) is 0 Å². The molecule has 0 unspecified atom stereocenters. The summed E-state index contributed by atoms with van der Waals surface area (Å²) in [6.45, 7) is 5.94. The maximum Gasteiger partial charge on any atom is 0.137 e. The number of rotatable bonds is 4. The van der Waals surface area contributed by atoms with Crippen molar-refractivity contribution in [3.8, 4) is 16.9 Å². The molecule has 0 bridgehead atoms. The number of nitrogens with one attached hydrogen (secondary N) is 1. The average molecular weight is 420 g/mol. The van der Waals surface area contributed by atoms with Crippen LogP contribution in [0.4, 0.5) is 5.82 Å². The van der Waals surface area contributed by atoms with E-state index in [0.29, 0.717) is 12.1 Å². The third-order valence-electron chi connectivity index (χ3n) is 6.70. The Labute approximate surface area is 182 Å². The lowest BCUT2D eigenvalue weighted by molar-refractivity contribution is 0.00791. The molecule has 31 heavy (non-hydrogen) atoms. The number of hydrogen-bond donors (Lipinski definition) is 2. The number of aryl methyl sites for hydroxylation is 1. The monoisotopic (exact) mass is 419 g/mol. The molecule has 0 amide bonds. The zero-order chi connectivity index (χ0) is 21.2. The number of anilines is 1. The Kier molecular flexibility index (Phi) is 5.70. The van der Waals surface area contributed by atoms with Gasteiger partial charge in [-0.1, -0.05) is 6.07 Å². The molecule has 3 aromatic rings. The Morgan fingerprint density at radius 2 is 1.87 bits per heavy atom. The molecule has 1 aliphatic heterocycles. The van der Waals surface area contributed by atoms with Crippen LogP contribution in [-0.2, 0) is 4.74 Å². The van der Waals surface area contributed by atoms with E-state index in [4.69, 9.17) is 4.74 Å². The third-order valence-corrected chi connectivity index (χ3v) is 6.70. The van der Waals surface area contributed by atoms with E-state index in [1.165, 1.54) is 19.0 Å². The van der Waals surface area contributed by atoms with Crippen molar-refractivity contribution in [1.82, 2.24) is 19.9 Å². The van der Waals surface area contributed by atoms with E-state index in [1.54, 1.807) is 18.6 Å². The molecule has 1 aliphatic carbocycles. The molecule has 5 rings (SSSR count). The number of benzene rings is 1. The summed E-state index contributed by atoms with van der Waals surface area (Å²) in [6.07, 6.45) is 9.56. The lowest BCUT2D eigenvalue weighted by Gasteiger charge is -2.39. The highest BCUT2D eigenvalue weighted by Gasteiger charge is 2.27. The largest absolute Gasteiger partial charge is 0.506 e. The Balaban J connectivity index is 1.37. The highest BCUT2D eigenvalue weighted by molar-refractivity contribution is 5.96. The lowest BCUT2D eigenvalue weighted by atomic mass is 9.89.